The van der Waals surface area contributed by atoms with Crippen molar-refractivity contribution in [2.45, 2.75) is 63.3 Å². The zero-order valence-corrected chi connectivity index (χ0v) is 18.2. The lowest BCUT2D eigenvalue weighted by atomic mass is 9.96. The summed E-state index contributed by atoms with van der Waals surface area (Å²) in [5.74, 6) is -0.311. The van der Waals surface area contributed by atoms with E-state index in [2.05, 4.69) is 19.7 Å². The number of nitrogens with one attached hydrogen (secondary N) is 1. The summed E-state index contributed by atoms with van der Waals surface area (Å²) in [6.45, 7) is 9.07. The second-order valence-electron chi connectivity index (χ2n) is 8.90. The molecule has 3 N–H and O–H groups in total. The first-order valence-corrected chi connectivity index (χ1v) is 11.2. The maximum Gasteiger partial charge on any atom is 0.413 e. The second kappa shape index (κ2) is 6.93. The fourth-order valence-electron chi connectivity index (χ4n) is 3.70. The molecule has 10 heteroatoms. The fourth-order valence-corrected chi connectivity index (χ4v) is 6.64. The molecule has 0 radical (unpaired) electrons. The van der Waals surface area contributed by atoms with E-state index in [1.54, 1.807) is 34.6 Å². The minimum absolute atomic E-state index is 0.0105. The predicted octanol–water partition coefficient (Wildman–Crippen LogP) is 2.98. The van der Waals surface area contributed by atoms with Crippen LogP contribution in [0, 0.1) is 5.82 Å². The van der Waals surface area contributed by atoms with Crippen molar-refractivity contribution >= 4 is 27.5 Å². The van der Waals surface area contributed by atoms with E-state index < -0.39 is 37.5 Å². The molecular formula is C19H28FN5O3S. The van der Waals surface area contributed by atoms with Crippen molar-refractivity contribution < 1.29 is 18.1 Å². The number of rotatable bonds is 1. The van der Waals surface area contributed by atoms with E-state index in [0.717, 1.165) is 0 Å². The second-order valence-corrected chi connectivity index (χ2v) is 11.6. The summed E-state index contributed by atoms with van der Waals surface area (Å²) in [7, 11) is -2.88. The predicted molar refractivity (Wildman–Crippen MR) is 111 cm³/mol. The highest BCUT2D eigenvalue weighted by molar-refractivity contribution is 7.95. The number of amides is 1. The van der Waals surface area contributed by atoms with Crippen molar-refractivity contribution in [2.24, 2.45) is 9.36 Å². The zero-order chi connectivity index (χ0) is 21.7. The Kier molecular flexibility index (Phi) is 5.13. The zero-order valence-electron chi connectivity index (χ0n) is 17.4. The third-order valence-corrected chi connectivity index (χ3v) is 8.51. The largest absolute Gasteiger partial charge is 0.444 e. The van der Waals surface area contributed by atoms with Crippen LogP contribution in [0.25, 0.3) is 0 Å². The number of amidine groups is 1. The van der Waals surface area contributed by atoms with Crippen molar-refractivity contribution in [1.82, 2.24) is 10.3 Å². The quantitative estimate of drug-likeness (QED) is 0.717. The van der Waals surface area contributed by atoms with Crippen LogP contribution in [-0.4, -0.2) is 43.8 Å². The van der Waals surface area contributed by atoms with E-state index in [0.29, 0.717) is 19.4 Å². The third-order valence-electron chi connectivity index (χ3n) is 5.15. The Labute approximate surface area is 170 Å². The molecule has 2 aliphatic rings. The van der Waals surface area contributed by atoms with Crippen LogP contribution in [0.1, 0.15) is 53.2 Å². The normalized spacial score (nSPS) is 31.9. The van der Waals surface area contributed by atoms with Crippen LogP contribution < -0.4 is 11.1 Å². The van der Waals surface area contributed by atoms with Gasteiger partial charge in [-0.15, -0.1) is 0 Å². The molecule has 3 atom stereocenters. The number of aliphatic imine (C=N–C) groups is 1. The van der Waals surface area contributed by atoms with Crippen molar-refractivity contribution in [3.8, 4) is 0 Å². The van der Waals surface area contributed by atoms with Gasteiger partial charge in [0.25, 0.3) is 0 Å². The Morgan fingerprint density at radius 2 is 2.03 bits per heavy atom. The third kappa shape index (κ3) is 3.94. The van der Waals surface area contributed by atoms with E-state index in [1.165, 1.54) is 12.1 Å². The summed E-state index contributed by atoms with van der Waals surface area (Å²) in [6, 6.07) is 2.56. The molecule has 8 nitrogen and oxygen atoms in total. The topological polar surface area (TPSA) is 119 Å². The molecular weight excluding hydrogens is 397 g/mol. The number of anilines is 1. The van der Waals surface area contributed by atoms with Gasteiger partial charge in [-0.25, -0.2) is 22.7 Å². The van der Waals surface area contributed by atoms with Gasteiger partial charge in [0, 0.05) is 6.54 Å². The molecule has 0 bridgehead atoms. The molecule has 0 aromatic carbocycles. The molecule has 0 aliphatic carbocycles. The number of alkyl carbamates (subject to hydrolysis) is 1. The van der Waals surface area contributed by atoms with Crippen molar-refractivity contribution in [3.05, 3.63) is 23.6 Å². The van der Waals surface area contributed by atoms with Gasteiger partial charge in [-0.2, -0.15) is 0 Å². The number of ether oxygens (including phenoxy) is 1. The number of pyridine rings is 1. The maximum atomic E-state index is 14.6. The first-order valence-electron chi connectivity index (χ1n) is 9.51. The minimum Gasteiger partial charge on any atom is -0.444 e. The van der Waals surface area contributed by atoms with Crippen LogP contribution in [0.3, 0.4) is 0 Å². The van der Waals surface area contributed by atoms with Crippen molar-refractivity contribution in [3.63, 3.8) is 0 Å². The van der Waals surface area contributed by atoms with Gasteiger partial charge in [-0.3, -0.25) is 10.3 Å². The molecule has 0 fully saturated rings. The highest BCUT2D eigenvalue weighted by Crippen LogP contribution is 2.42. The number of hydrogen-bond acceptors (Lipinski definition) is 7. The van der Waals surface area contributed by atoms with Gasteiger partial charge >= 0.3 is 6.09 Å². The SMILES string of the molecule is CC(C)(C)OC(=O)NC1=N[C@](C)(c2nc(N)ccc2F)C[S@@]2(=O)=NCCC[C@@]12C. The van der Waals surface area contributed by atoms with E-state index >= 15 is 0 Å². The minimum atomic E-state index is -2.88. The maximum absolute atomic E-state index is 14.6. The molecule has 0 saturated carbocycles. The fraction of sp³-hybridized carbons (Fsp3) is 0.632. The molecule has 1 aromatic rings. The Bertz CT molecular complexity index is 996. The standard InChI is InChI=1S/C19H28FN5O3S/c1-17(2,3)28-16(26)24-15-19(5)9-6-10-22-29(19,27)11-18(4,25-15)14-12(20)7-8-13(21)23-14/h7-8H,6,9-11H2,1-5H3,(H2,21,23)(H,24,25,26)/t18-,19-,29-/m0/s1. The number of nitrogens with two attached hydrogens (primary N) is 1. The average molecular weight is 426 g/mol. The number of fused-ring (bicyclic) bond motifs is 1. The number of aromatic nitrogens is 1. The lowest BCUT2D eigenvalue weighted by Crippen LogP contribution is -2.60. The number of carbonyl (C=O) groups is 1. The number of nitrogen functional groups attached to an aromatic ring is 1. The summed E-state index contributed by atoms with van der Waals surface area (Å²) in [5.41, 5.74) is 3.71. The van der Waals surface area contributed by atoms with E-state index in [-0.39, 0.29) is 23.1 Å². The summed E-state index contributed by atoms with van der Waals surface area (Å²) in [4.78, 5) is 21.3. The van der Waals surface area contributed by atoms with Gasteiger partial charge < -0.3 is 10.5 Å². The molecule has 1 aromatic heterocycles. The molecule has 3 rings (SSSR count). The Hall–Kier alpha value is -2.23. The van der Waals surface area contributed by atoms with Crippen LogP contribution in [0.2, 0.25) is 0 Å². The molecule has 29 heavy (non-hydrogen) atoms. The number of halogens is 1. The summed E-state index contributed by atoms with van der Waals surface area (Å²) in [6.07, 6.45) is 0.534. The molecule has 2 aliphatic heterocycles. The molecule has 0 unspecified atom stereocenters. The highest BCUT2D eigenvalue weighted by Gasteiger charge is 2.53. The Morgan fingerprint density at radius 1 is 1.34 bits per heavy atom. The van der Waals surface area contributed by atoms with Gasteiger partial charge in [0.2, 0.25) is 0 Å². The van der Waals surface area contributed by atoms with Crippen LogP contribution in [0.15, 0.2) is 21.5 Å². The first-order chi connectivity index (χ1) is 13.3. The number of carbonyl (C=O) groups excluding carboxylic acids is 1. The summed E-state index contributed by atoms with van der Waals surface area (Å²) >= 11 is 0. The van der Waals surface area contributed by atoms with Crippen LogP contribution in [0.5, 0.6) is 0 Å². The summed E-state index contributed by atoms with van der Waals surface area (Å²) in [5, 5.41) is 2.67. The molecule has 160 valence electrons. The lowest BCUT2D eigenvalue weighted by molar-refractivity contribution is 0.0560. The van der Waals surface area contributed by atoms with E-state index in [4.69, 9.17) is 10.5 Å². The average Bonchev–Trinajstić information content (AvgIpc) is 2.56. The smallest absolute Gasteiger partial charge is 0.413 e. The van der Waals surface area contributed by atoms with Crippen LogP contribution >= 0.6 is 0 Å². The van der Waals surface area contributed by atoms with Crippen molar-refractivity contribution in [1.29, 1.82) is 0 Å². The Morgan fingerprint density at radius 3 is 2.69 bits per heavy atom. The van der Waals surface area contributed by atoms with Gasteiger partial charge in [0.1, 0.15) is 39.1 Å². The molecule has 1 amide bonds. The van der Waals surface area contributed by atoms with Gasteiger partial charge in [-0.1, -0.05) is 0 Å². The van der Waals surface area contributed by atoms with Crippen molar-refractivity contribution in [2.75, 3.05) is 18.0 Å². The van der Waals surface area contributed by atoms with E-state index in [1.807, 2.05) is 0 Å². The van der Waals surface area contributed by atoms with Gasteiger partial charge in [0.15, 0.2) is 0 Å². The van der Waals surface area contributed by atoms with Crippen LogP contribution in [0.4, 0.5) is 15.0 Å². The lowest BCUT2D eigenvalue weighted by Gasteiger charge is -2.44. The van der Waals surface area contributed by atoms with Crippen LogP contribution in [-0.2, 0) is 20.0 Å². The number of hydrogen-bond donors (Lipinski definition) is 2. The Balaban J connectivity index is 2.15. The highest BCUT2D eigenvalue weighted by atomic mass is 32.2. The molecule has 0 spiro atoms. The monoisotopic (exact) mass is 425 g/mol. The van der Waals surface area contributed by atoms with Gasteiger partial charge in [-0.05, 0) is 59.6 Å². The van der Waals surface area contributed by atoms with E-state index in [9.17, 15) is 13.4 Å². The number of nitrogens with zero attached hydrogens (tertiary/aromatic N) is 3. The first kappa shape index (κ1) is 21.5. The van der Waals surface area contributed by atoms with Gasteiger partial charge in [0.05, 0.1) is 15.5 Å². The summed E-state index contributed by atoms with van der Waals surface area (Å²) < 4.78 is 37.4. The molecule has 0 saturated heterocycles. The molecule has 3 heterocycles.